The molecule has 5 nitrogen and oxygen atoms in total. The molecule has 0 saturated heterocycles. The minimum Gasteiger partial charge on any atom is -0.422 e. The largest absolute Gasteiger partial charge is 0.422 e. The second-order valence-corrected chi connectivity index (χ2v) is 7.92. The highest BCUT2D eigenvalue weighted by atomic mass is 32.1. The van der Waals surface area contributed by atoms with E-state index in [9.17, 15) is 9.59 Å². The number of benzene rings is 1. The Balaban J connectivity index is 1.71. The van der Waals surface area contributed by atoms with Gasteiger partial charge in [-0.25, -0.2) is 9.78 Å². The van der Waals surface area contributed by atoms with Gasteiger partial charge in [0.1, 0.15) is 21.3 Å². The first-order valence-corrected chi connectivity index (χ1v) is 10.2. The number of fused-ring (bicyclic) bond motifs is 2. The molecule has 0 spiro atoms. The van der Waals surface area contributed by atoms with Gasteiger partial charge in [-0.15, -0.1) is 11.3 Å². The summed E-state index contributed by atoms with van der Waals surface area (Å²) in [6.45, 7) is 4.59. The summed E-state index contributed by atoms with van der Waals surface area (Å²) in [6.07, 6.45) is 4.90. The Morgan fingerprint density at radius 1 is 1.22 bits per heavy atom. The summed E-state index contributed by atoms with van der Waals surface area (Å²) in [7, 11) is 0. The fourth-order valence-electron chi connectivity index (χ4n) is 3.55. The molecule has 2 aromatic heterocycles. The lowest BCUT2D eigenvalue weighted by Gasteiger charge is -2.08. The molecule has 0 N–H and O–H groups in total. The third-order valence-electron chi connectivity index (χ3n) is 5.14. The van der Waals surface area contributed by atoms with E-state index in [1.54, 1.807) is 16.7 Å². The minimum absolute atomic E-state index is 0.0306. The standard InChI is InChI=1S/C21H22N2O3S/c1-3-14-8-10-15(11-9-14)26-21(25)18-13(2)17-19(27-18)22-16-7-5-4-6-12-23(16)20(17)24/h8-11H,3-7,12H2,1-2H3. The first kappa shape index (κ1) is 17.9. The maximum absolute atomic E-state index is 13.0. The lowest BCUT2D eigenvalue weighted by molar-refractivity contribution is 0.0739. The summed E-state index contributed by atoms with van der Waals surface area (Å²) in [6, 6.07) is 7.50. The molecule has 0 saturated carbocycles. The maximum Gasteiger partial charge on any atom is 0.354 e. The van der Waals surface area contributed by atoms with E-state index < -0.39 is 5.97 Å². The number of aryl methyl sites for hydroxylation is 3. The molecule has 0 radical (unpaired) electrons. The Hall–Kier alpha value is -2.47. The first-order chi connectivity index (χ1) is 13.1. The van der Waals surface area contributed by atoms with Gasteiger partial charge in [0.15, 0.2) is 0 Å². The van der Waals surface area contributed by atoms with Crippen LogP contribution in [0.3, 0.4) is 0 Å². The molecule has 0 amide bonds. The second-order valence-electron chi connectivity index (χ2n) is 6.92. The summed E-state index contributed by atoms with van der Waals surface area (Å²) in [5.41, 5.74) is 1.82. The molecule has 27 heavy (non-hydrogen) atoms. The Labute approximate surface area is 161 Å². The normalized spacial score (nSPS) is 14.0. The first-order valence-electron chi connectivity index (χ1n) is 9.42. The van der Waals surface area contributed by atoms with Crippen molar-refractivity contribution >= 4 is 27.5 Å². The van der Waals surface area contributed by atoms with Crippen LogP contribution >= 0.6 is 11.3 Å². The number of rotatable bonds is 3. The lowest BCUT2D eigenvalue weighted by atomic mass is 10.2. The van der Waals surface area contributed by atoms with Crippen LogP contribution in [-0.4, -0.2) is 15.5 Å². The van der Waals surface area contributed by atoms with Crippen molar-refractivity contribution in [1.29, 1.82) is 0 Å². The Morgan fingerprint density at radius 2 is 2.00 bits per heavy atom. The smallest absolute Gasteiger partial charge is 0.354 e. The third-order valence-corrected chi connectivity index (χ3v) is 6.30. The van der Waals surface area contributed by atoms with Crippen molar-refractivity contribution in [2.45, 2.75) is 52.5 Å². The number of carbonyl (C=O) groups is 1. The molecule has 3 aromatic rings. The van der Waals surface area contributed by atoms with Gasteiger partial charge in [0, 0.05) is 13.0 Å². The van der Waals surface area contributed by atoms with Crippen molar-refractivity contribution in [2.75, 3.05) is 0 Å². The number of esters is 1. The molecular weight excluding hydrogens is 360 g/mol. The maximum atomic E-state index is 13.0. The monoisotopic (exact) mass is 382 g/mol. The molecule has 140 valence electrons. The summed E-state index contributed by atoms with van der Waals surface area (Å²) >= 11 is 1.25. The zero-order chi connectivity index (χ0) is 19.0. The van der Waals surface area contributed by atoms with Gasteiger partial charge in [-0.3, -0.25) is 9.36 Å². The minimum atomic E-state index is -0.431. The molecule has 0 aliphatic carbocycles. The van der Waals surface area contributed by atoms with Crippen molar-refractivity contribution < 1.29 is 9.53 Å². The van der Waals surface area contributed by atoms with Gasteiger partial charge in [-0.1, -0.05) is 25.5 Å². The van der Waals surface area contributed by atoms with Crippen LogP contribution in [0.2, 0.25) is 0 Å². The molecular formula is C21H22N2O3S. The molecule has 4 rings (SSSR count). The number of aromatic nitrogens is 2. The van der Waals surface area contributed by atoms with Crippen LogP contribution in [-0.2, 0) is 19.4 Å². The second kappa shape index (κ2) is 7.27. The van der Waals surface area contributed by atoms with E-state index in [1.807, 2.05) is 19.1 Å². The topological polar surface area (TPSA) is 61.2 Å². The fraction of sp³-hybridized carbons (Fsp3) is 0.381. The van der Waals surface area contributed by atoms with E-state index in [-0.39, 0.29) is 5.56 Å². The Morgan fingerprint density at radius 3 is 2.74 bits per heavy atom. The zero-order valence-corrected chi connectivity index (χ0v) is 16.4. The van der Waals surface area contributed by atoms with E-state index in [4.69, 9.17) is 9.72 Å². The van der Waals surface area contributed by atoms with Gasteiger partial charge < -0.3 is 4.74 Å². The average Bonchev–Trinajstić information content (AvgIpc) is 2.84. The number of nitrogens with zero attached hydrogens (tertiary/aromatic N) is 2. The van der Waals surface area contributed by atoms with Crippen molar-refractivity contribution in [2.24, 2.45) is 0 Å². The number of hydrogen-bond acceptors (Lipinski definition) is 5. The van der Waals surface area contributed by atoms with Crippen LogP contribution in [0.4, 0.5) is 0 Å². The van der Waals surface area contributed by atoms with E-state index in [0.717, 1.165) is 37.9 Å². The van der Waals surface area contributed by atoms with Crippen LogP contribution in [0, 0.1) is 6.92 Å². The van der Waals surface area contributed by atoms with E-state index in [1.165, 1.54) is 16.9 Å². The highest BCUT2D eigenvalue weighted by Gasteiger charge is 2.23. The number of hydrogen-bond donors (Lipinski definition) is 0. The van der Waals surface area contributed by atoms with Gasteiger partial charge >= 0.3 is 5.97 Å². The van der Waals surface area contributed by atoms with Gasteiger partial charge in [-0.05, 0) is 49.4 Å². The van der Waals surface area contributed by atoms with E-state index >= 15 is 0 Å². The average molecular weight is 382 g/mol. The molecule has 0 bridgehead atoms. The molecule has 0 fully saturated rings. The molecule has 1 aromatic carbocycles. The van der Waals surface area contributed by atoms with Crippen molar-refractivity contribution in [1.82, 2.24) is 9.55 Å². The lowest BCUT2D eigenvalue weighted by Crippen LogP contribution is -2.24. The van der Waals surface area contributed by atoms with Crippen LogP contribution < -0.4 is 10.3 Å². The fourth-order valence-corrected chi connectivity index (χ4v) is 4.62. The molecule has 1 aliphatic heterocycles. The van der Waals surface area contributed by atoms with Crippen molar-refractivity contribution in [3.63, 3.8) is 0 Å². The van der Waals surface area contributed by atoms with Crippen molar-refractivity contribution in [3.8, 4) is 5.75 Å². The van der Waals surface area contributed by atoms with Gasteiger partial charge in [0.25, 0.3) is 5.56 Å². The van der Waals surface area contributed by atoms with Gasteiger partial charge in [0.2, 0.25) is 0 Å². The quantitative estimate of drug-likeness (QED) is 0.501. The number of carbonyl (C=O) groups excluding carboxylic acids is 1. The van der Waals surface area contributed by atoms with Crippen LogP contribution in [0.15, 0.2) is 29.1 Å². The predicted octanol–water partition coefficient (Wildman–Crippen LogP) is 4.27. The third kappa shape index (κ3) is 3.30. The summed E-state index contributed by atoms with van der Waals surface area (Å²) < 4.78 is 7.32. The van der Waals surface area contributed by atoms with E-state index in [2.05, 4.69) is 6.92 Å². The molecule has 0 unspecified atom stereocenters. The highest BCUT2D eigenvalue weighted by molar-refractivity contribution is 7.20. The Kier molecular flexibility index (Phi) is 4.83. The summed E-state index contributed by atoms with van der Waals surface area (Å²) in [4.78, 5) is 31.5. The predicted molar refractivity (Wildman–Crippen MR) is 107 cm³/mol. The molecule has 0 atom stereocenters. The molecule has 1 aliphatic rings. The van der Waals surface area contributed by atoms with Crippen LogP contribution in [0.1, 0.15) is 52.8 Å². The SMILES string of the molecule is CCc1ccc(OC(=O)c2sc3nc4n(c(=O)c3c2C)CCCCC4)cc1. The van der Waals surface area contributed by atoms with Gasteiger partial charge in [0.05, 0.1) is 5.39 Å². The van der Waals surface area contributed by atoms with E-state index in [0.29, 0.717) is 33.0 Å². The molecule has 6 heteroatoms. The molecule has 3 heterocycles. The highest BCUT2D eigenvalue weighted by Crippen LogP contribution is 2.29. The van der Waals surface area contributed by atoms with Crippen LogP contribution in [0.5, 0.6) is 5.75 Å². The Bertz CT molecular complexity index is 1060. The van der Waals surface area contributed by atoms with Crippen molar-refractivity contribution in [3.05, 3.63) is 56.4 Å². The number of thiophene rings is 1. The van der Waals surface area contributed by atoms with Crippen LogP contribution in [0.25, 0.3) is 10.2 Å². The summed E-state index contributed by atoms with van der Waals surface area (Å²) in [5, 5.41) is 0.555. The number of ether oxygens (including phenoxy) is 1. The zero-order valence-electron chi connectivity index (χ0n) is 15.6. The summed E-state index contributed by atoms with van der Waals surface area (Å²) in [5.74, 6) is 0.912. The van der Waals surface area contributed by atoms with Gasteiger partial charge in [-0.2, -0.15) is 0 Å².